The predicted octanol–water partition coefficient (Wildman–Crippen LogP) is 4.77. The summed E-state index contributed by atoms with van der Waals surface area (Å²) in [5.41, 5.74) is 22.2. The van der Waals surface area contributed by atoms with Gasteiger partial charge >= 0.3 is 0 Å². The topological polar surface area (TPSA) is 52.0 Å². The molecular weight excluding hydrogens is 268 g/mol. The minimum absolute atomic E-state index is 0.910. The van der Waals surface area contributed by atoms with Crippen molar-refractivity contribution in [1.29, 1.82) is 0 Å². The van der Waals surface area contributed by atoms with E-state index in [-0.39, 0.29) is 0 Å². The van der Waals surface area contributed by atoms with E-state index in [2.05, 4.69) is 52.0 Å². The summed E-state index contributed by atoms with van der Waals surface area (Å²) in [5, 5.41) is 0. The Hall–Kier alpha value is -1.96. The number of nitrogen functional groups attached to an aromatic ring is 2. The maximum atomic E-state index is 6.19. The van der Waals surface area contributed by atoms with Gasteiger partial charge in [0.15, 0.2) is 0 Å². The minimum Gasteiger partial charge on any atom is -0.398 e. The van der Waals surface area contributed by atoms with Gasteiger partial charge in [-0.3, -0.25) is 0 Å². The first-order valence-electron chi connectivity index (χ1n) is 8.39. The number of nitrogens with two attached hydrogens (primary N) is 2. The average Bonchev–Trinajstić information content (AvgIpc) is 2.54. The summed E-state index contributed by atoms with van der Waals surface area (Å²) in [5.74, 6) is 0. The van der Waals surface area contributed by atoms with E-state index in [0.717, 1.165) is 37.1 Å². The lowest BCUT2D eigenvalue weighted by Gasteiger charge is -2.20. The van der Waals surface area contributed by atoms with E-state index in [4.69, 9.17) is 11.5 Å². The lowest BCUT2D eigenvalue weighted by Crippen LogP contribution is -2.05. The maximum Gasteiger partial charge on any atom is 0.0349 e. The summed E-state index contributed by atoms with van der Waals surface area (Å²) in [6, 6.07) is 8.46. The van der Waals surface area contributed by atoms with Crippen LogP contribution in [0.25, 0.3) is 11.1 Å². The van der Waals surface area contributed by atoms with Gasteiger partial charge in [0.1, 0.15) is 0 Å². The number of rotatable bonds is 5. The molecule has 0 saturated heterocycles. The molecule has 0 fully saturated rings. The molecule has 0 atom stereocenters. The highest BCUT2D eigenvalue weighted by Gasteiger charge is 2.16. The van der Waals surface area contributed by atoms with Crippen molar-refractivity contribution in [1.82, 2.24) is 0 Å². The molecule has 2 rings (SSSR count). The Labute approximate surface area is 134 Å². The normalized spacial score (nSPS) is 10.9. The van der Waals surface area contributed by atoms with Gasteiger partial charge in [-0.05, 0) is 71.2 Å². The monoisotopic (exact) mass is 296 g/mol. The summed E-state index contributed by atoms with van der Waals surface area (Å²) in [6.07, 6.45) is 3.94. The second kappa shape index (κ2) is 6.87. The molecular formula is C20H28N2. The zero-order valence-corrected chi connectivity index (χ0v) is 14.3. The molecule has 0 bridgehead atoms. The van der Waals surface area contributed by atoms with Crippen LogP contribution >= 0.6 is 0 Å². The number of hydrogen-bond donors (Lipinski definition) is 2. The van der Waals surface area contributed by atoms with Crippen molar-refractivity contribution in [3.05, 3.63) is 46.5 Å². The van der Waals surface area contributed by atoms with E-state index in [1.54, 1.807) is 0 Å². The van der Waals surface area contributed by atoms with E-state index >= 15 is 0 Å². The van der Waals surface area contributed by atoms with Crippen molar-refractivity contribution in [2.24, 2.45) is 0 Å². The molecule has 2 heteroatoms. The lowest BCUT2D eigenvalue weighted by molar-refractivity contribution is 1.03. The molecule has 0 amide bonds. The number of benzene rings is 2. The predicted molar refractivity (Wildman–Crippen MR) is 98.2 cm³/mol. The first-order valence-corrected chi connectivity index (χ1v) is 8.39. The van der Waals surface area contributed by atoms with Crippen LogP contribution in [0.4, 0.5) is 11.4 Å². The Balaban J connectivity index is 2.77. The third-order valence-corrected chi connectivity index (χ3v) is 4.64. The highest BCUT2D eigenvalue weighted by Crippen LogP contribution is 2.36. The van der Waals surface area contributed by atoms with Crippen molar-refractivity contribution in [3.8, 4) is 11.1 Å². The molecule has 0 aliphatic heterocycles. The maximum absolute atomic E-state index is 6.19. The smallest absolute Gasteiger partial charge is 0.0349 e. The van der Waals surface area contributed by atoms with Gasteiger partial charge in [-0.15, -0.1) is 0 Å². The molecule has 2 nitrogen and oxygen atoms in total. The van der Waals surface area contributed by atoms with Gasteiger partial charge < -0.3 is 11.5 Å². The van der Waals surface area contributed by atoms with Crippen molar-refractivity contribution in [3.63, 3.8) is 0 Å². The number of hydrogen-bond acceptors (Lipinski definition) is 2. The zero-order valence-electron chi connectivity index (χ0n) is 14.3. The average molecular weight is 296 g/mol. The van der Waals surface area contributed by atoms with Gasteiger partial charge in [0, 0.05) is 11.4 Å². The SMILES string of the molecule is CCc1c(N)ccc(-c2ccc(N)c(CC)c2CC)c1CC. The Morgan fingerprint density at radius 3 is 1.14 bits per heavy atom. The molecule has 22 heavy (non-hydrogen) atoms. The van der Waals surface area contributed by atoms with Crippen LogP contribution in [0, 0.1) is 0 Å². The highest BCUT2D eigenvalue weighted by molar-refractivity contribution is 5.78. The van der Waals surface area contributed by atoms with Gasteiger partial charge in [-0.25, -0.2) is 0 Å². The second-order valence-electron chi connectivity index (χ2n) is 5.73. The van der Waals surface area contributed by atoms with E-state index in [1.165, 1.54) is 33.4 Å². The molecule has 0 heterocycles. The van der Waals surface area contributed by atoms with Crippen molar-refractivity contribution >= 4 is 11.4 Å². The molecule has 2 aromatic rings. The summed E-state index contributed by atoms with van der Waals surface area (Å²) in [6.45, 7) is 8.77. The third kappa shape index (κ3) is 2.70. The molecule has 118 valence electrons. The van der Waals surface area contributed by atoms with Gasteiger partial charge in [0.2, 0.25) is 0 Å². The molecule has 0 aliphatic carbocycles. The van der Waals surface area contributed by atoms with E-state index < -0.39 is 0 Å². The molecule has 0 spiro atoms. The minimum atomic E-state index is 0.910. The van der Waals surface area contributed by atoms with Crippen LogP contribution in [0.1, 0.15) is 49.9 Å². The van der Waals surface area contributed by atoms with Crippen LogP contribution in [0.3, 0.4) is 0 Å². The lowest BCUT2D eigenvalue weighted by atomic mass is 9.86. The van der Waals surface area contributed by atoms with Crippen LogP contribution in [0.15, 0.2) is 24.3 Å². The Morgan fingerprint density at radius 1 is 0.545 bits per heavy atom. The largest absolute Gasteiger partial charge is 0.398 e. The quantitative estimate of drug-likeness (QED) is 0.781. The van der Waals surface area contributed by atoms with Crippen LogP contribution in [-0.4, -0.2) is 0 Å². The zero-order chi connectivity index (χ0) is 16.3. The summed E-state index contributed by atoms with van der Waals surface area (Å²) < 4.78 is 0. The first kappa shape index (κ1) is 16.4. The fourth-order valence-electron chi connectivity index (χ4n) is 3.57. The van der Waals surface area contributed by atoms with E-state index in [1.807, 2.05) is 0 Å². The van der Waals surface area contributed by atoms with Crippen LogP contribution in [0.2, 0.25) is 0 Å². The van der Waals surface area contributed by atoms with Gasteiger partial charge in [0.05, 0.1) is 0 Å². The van der Waals surface area contributed by atoms with Crippen molar-refractivity contribution in [2.75, 3.05) is 11.5 Å². The molecule has 4 N–H and O–H groups in total. The second-order valence-corrected chi connectivity index (χ2v) is 5.73. The van der Waals surface area contributed by atoms with Gasteiger partial charge in [-0.2, -0.15) is 0 Å². The third-order valence-electron chi connectivity index (χ3n) is 4.64. The molecule has 0 unspecified atom stereocenters. The van der Waals surface area contributed by atoms with Gasteiger partial charge in [0.25, 0.3) is 0 Å². The van der Waals surface area contributed by atoms with Crippen molar-refractivity contribution in [2.45, 2.75) is 53.4 Å². The van der Waals surface area contributed by atoms with Crippen LogP contribution < -0.4 is 11.5 Å². The summed E-state index contributed by atoms with van der Waals surface area (Å²) in [4.78, 5) is 0. The molecule has 0 radical (unpaired) electrons. The Kier molecular flexibility index (Phi) is 5.12. The summed E-state index contributed by atoms with van der Waals surface area (Å²) in [7, 11) is 0. The standard InChI is InChI=1S/C20H28N2/c1-5-13-15(7-3)19(21)11-9-17(13)18-10-12-20(22)16(8-4)14(18)6-2/h9-12H,5-8,21-22H2,1-4H3. The van der Waals surface area contributed by atoms with E-state index in [0.29, 0.717) is 0 Å². The number of anilines is 2. The molecule has 2 aromatic carbocycles. The molecule has 0 aromatic heterocycles. The highest BCUT2D eigenvalue weighted by atomic mass is 14.6. The first-order chi connectivity index (χ1) is 10.6. The van der Waals surface area contributed by atoms with E-state index in [9.17, 15) is 0 Å². The Bertz CT molecular complexity index is 612. The van der Waals surface area contributed by atoms with Crippen molar-refractivity contribution < 1.29 is 0 Å². The fourth-order valence-corrected chi connectivity index (χ4v) is 3.57. The van der Waals surface area contributed by atoms with Gasteiger partial charge in [-0.1, -0.05) is 39.8 Å². The summed E-state index contributed by atoms with van der Waals surface area (Å²) >= 11 is 0. The molecule has 0 aliphatic rings. The van der Waals surface area contributed by atoms with Crippen LogP contribution in [-0.2, 0) is 25.7 Å². The fraction of sp³-hybridized carbons (Fsp3) is 0.400. The molecule has 0 saturated carbocycles. The Morgan fingerprint density at radius 2 is 0.864 bits per heavy atom. The van der Waals surface area contributed by atoms with Crippen LogP contribution in [0.5, 0.6) is 0 Å².